The summed E-state index contributed by atoms with van der Waals surface area (Å²) in [4.78, 5) is 11.6. The molecule has 0 aliphatic heterocycles. The Morgan fingerprint density at radius 1 is 1.52 bits per heavy atom. The highest BCUT2D eigenvalue weighted by Crippen LogP contribution is 2.39. The van der Waals surface area contributed by atoms with E-state index in [9.17, 15) is 9.90 Å². The van der Waals surface area contributed by atoms with Crippen LogP contribution in [-0.4, -0.2) is 28.4 Å². The minimum absolute atomic E-state index is 0.377. The average molecular weight is 328 g/mol. The molecule has 5 heteroatoms. The molecule has 1 aromatic rings. The minimum Gasteiger partial charge on any atom is -0.480 e. The van der Waals surface area contributed by atoms with Gasteiger partial charge >= 0.3 is 5.97 Å². The van der Waals surface area contributed by atoms with Crippen LogP contribution >= 0.6 is 23.4 Å². The lowest BCUT2D eigenvalue weighted by Crippen LogP contribution is -2.50. The van der Waals surface area contributed by atoms with Crippen LogP contribution < -0.4 is 5.32 Å². The molecule has 0 bridgehead atoms. The van der Waals surface area contributed by atoms with E-state index in [0.717, 1.165) is 35.7 Å². The van der Waals surface area contributed by atoms with Gasteiger partial charge in [0.15, 0.2) is 0 Å². The van der Waals surface area contributed by atoms with Gasteiger partial charge in [0.05, 0.1) is 0 Å². The van der Waals surface area contributed by atoms with Crippen molar-refractivity contribution in [3.63, 3.8) is 0 Å². The molecule has 2 atom stereocenters. The smallest absolute Gasteiger partial charge is 0.323 e. The second kappa shape index (κ2) is 7.52. The Kier molecular flexibility index (Phi) is 5.97. The first-order valence-electron chi connectivity index (χ1n) is 7.41. The second-order valence-corrected chi connectivity index (χ2v) is 7.28. The van der Waals surface area contributed by atoms with Crippen molar-refractivity contribution in [2.45, 2.75) is 49.1 Å². The van der Waals surface area contributed by atoms with Gasteiger partial charge in [0.1, 0.15) is 5.54 Å². The van der Waals surface area contributed by atoms with Crippen molar-refractivity contribution in [3.05, 3.63) is 34.9 Å². The number of thioether (sulfide) groups is 1. The molecule has 21 heavy (non-hydrogen) atoms. The van der Waals surface area contributed by atoms with Crippen molar-refractivity contribution >= 4 is 29.3 Å². The average Bonchev–Trinajstić information content (AvgIpc) is 2.89. The highest BCUT2D eigenvalue weighted by molar-refractivity contribution is 7.99. The number of nitrogens with one attached hydrogen (secondary N) is 1. The fourth-order valence-electron chi connectivity index (χ4n) is 2.76. The van der Waals surface area contributed by atoms with Gasteiger partial charge in [0, 0.05) is 16.0 Å². The van der Waals surface area contributed by atoms with E-state index in [1.807, 2.05) is 36.0 Å². The molecule has 2 rings (SSSR count). The number of benzene rings is 1. The largest absolute Gasteiger partial charge is 0.480 e. The summed E-state index contributed by atoms with van der Waals surface area (Å²) in [5.74, 6) is 0.130. The van der Waals surface area contributed by atoms with Crippen LogP contribution in [-0.2, 0) is 10.5 Å². The maximum absolute atomic E-state index is 11.6. The van der Waals surface area contributed by atoms with Crippen LogP contribution in [0.4, 0.5) is 0 Å². The van der Waals surface area contributed by atoms with E-state index < -0.39 is 11.5 Å². The van der Waals surface area contributed by atoms with Gasteiger partial charge in [-0.25, -0.2) is 0 Å². The maximum atomic E-state index is 11.6. The first-order valence-corrected chi connectivity index (χ1v) is 8.83. The SMILES string of the molecule is CCCNC1(C(=O)O)CCC(SCc2ccccc2Cl)C1. The van der Waals surface area contributed by atoms with E-state index in [1.165, 1.54) is 0 Å². The van der Waals surface area contributed by atoms with Crippen LogP contribution in [0.3, 0.4) is 0 Å². The Hall–Kier alpha value is -0.710. The van der Waals surface area contributed by atoms with Crippen molar-refractivity contribution in [2.75, 3.05) is 6.54 Å². The van der Waals surface area contributed by atoms with Crippen molar-refractivity contribution in [2.24, 2.45) is 0 Å². The van der Waals surface area contributed by atoms with Crippen LogP contribution in [0.25, 0.3) is 0 Å². The highest BCUT2D eigenvalue weighted by Gasteiger charge is 2.45. The number of rotatable bonds is 7. The third-order valence-electron chi connectivity index (χ3n) is 4.02. The molecule has 2 N–H and O–H groups in total. The summed E-state index contributed by atoms with van der Waals surface area (Å²) in [5, 5.41) is 14.0. The van der Waals surface area contributed by atoms with Gasteiger partial charge in [-0.05, 0) is 43.9 Å². The van der Waals surface area contributed by atoms with E-state index in [-0.39, 0.29) is 0 Å². The van der Waals surface area contributed by atoms with Crippen molar-refractivity contribution in [1.82, 2.24) is 5.32 Å². The third-order valence-corrected chi connectivity index (χ3v) is 5.74. The lowest BCUT2D eigenvalue weighted by molar-refractivity contribution is -0.144. The van der Waals surface area contributed by atoms with Crippen LogP contribution in [0, 0.1) is 0 Å². The van der Waals surface area contributed by atoms with E-state index >= 15 is 0 Å². The Bertz CT molecular complexity index is 497. The lowest BCUT2D eigenvalue weighted by Gasteiger charge is -2.25. The molecule has 1 aliphatic carbocycles. The predicted molar refractivity (Wildman–Crippen MR) is 89.0 cm³/mol. The molecule has 1 aliphatic rings. The Morgan fingerprint density at radius 3 is 2.95 bits per heavy atom. The Morgan fingerprint density at radius 2 is 2.29 bits per heavy atom. The highest BCUT2D eigenvalue weighted by atomic mass is 35.5. The summed E-state index contributed by atoms with van der Waals surface area (Å²) in [5.41, 5.74) is 0.396. The monoisotopic (exact) mass is 327 g/mol. The molecule has 2 unspecified atom stereocenters. The Balaban J connectivity index is 1.92. The van der Waals surface area contributed by atoms with E-state index in [1.54, 1.807) is 0 Å². The lowest BCUT2D eigenvalue weighted by atomic mass is 9.98. The van der Waals surface area contributed by atoms with Crippen LogP contribution in [0.1, 0.15) is 38.2 Å². The predicted octanol–water partition coefficient (Wildman–Crippen LogP) is 3.95. The molecule has 116 valence electrons. The molecule has 1 aromatic carbocycles. The third kappa shape index (κ3) is 4.15. The molecule has 0 spiro atoms. The summed E-state index contributed by atoms with van der Waals surface area (Å²) >= 11 is 7.98. The summed E-state index contributed by atoms with van der Waals surface area (Å²) in [7, 11) is 0. The van der Waals surface area contributed by atoms with Gasteiger partial charge in [-0.1, -0.05) is 36.7 Å². The summed E-state index contributed by atoms with van der Waals surface area (Å²) in [6, 6.07) is 7.84. The zero-order valence-corrected chi connectivity index (χ0v) is 13.8. The van der Waals surface area contributed by atoms with Crippen molar-refractivity contribution < 1.29 is 9.90 Å². The molecule has 0 aromatic heterocycles. The molecule has 3 nitrogen and oxygen atoms in total. The quantitative estimate of drug-likeness (QED) is 0.796. The molecule has 0 saturated heterocycles. The molecule has 0 heterocycles. The van der Waals surface area contributed by atoms with Crippen molar-refractivity contribution in [1.29, 1.82) is 0 Å². The van der Waals surface area contributed by atoms with Gasteiger partial charge < -0.3 is 10.4 Å². The normalized spacial score (nSPS) is 25.1. The molecule has 1 saturated carbocycles. The van der Waals surface area contributed by atoms with Gasteiger partial charge in [-0.2, -0.15) is 11.8 Å². The van der Waals surface area contributed by atoms with Crippen molar-refractivity contribution in [3.8, 4) is 0 Å². The van der Waals surface area contributed by atoms with Crippen LogP contribution in [0.5, 0.6) is 0 Å². The number of hydrogen-bond acceptors (Lipinski definition) is 3. The number of carbonyl (C=O) groups is 1. The topological polar surface area (TPSA) is 49.3 Å². The molecular formula is C16H22ClNO2S. The van der Waals surface area contributed by atoms with E-state index in [2.05, 4.69) is 12.2 Å². The fourth-order valence-corrected chi connectivity index (χ4v) is 4.40. The first kappa shape index (κ1) is 16.7. The summed E-state index contributed by atoms with van der Waals surface area (Å²) < 4.78 is 0. The first-order chi connectivity index (χ1) is 10.1. The molecular weight excluding hydrogens is 306 g/mol. The van der Waals surface area contributed by atoms with Crippen LogP contribution in [0.2, 0.25) is 5.02 Å². The van der Waals surface area contributed by atoms with Gasteiger partial charge in [0.25, 0.3) is 0 Å². The fraction of sp³-hybridized carbons (Fsp3) is 0.562. The number of halogens is 1. The Labute approximate surface area is 135 Å². The zero-order valence-electron chi connectivity index (χ0n) is 12.3. The standard InChI is InChI=1S/C16H22ClNO2S/c1-2-9-18-16(15(19)20)8-7-13(10-16)21-11-12-5-3-4-6-14(12)17/h3-6,13,18H,2,7-11H2,1H3,(H,19,20). The summed E-state index contributed by atoms with van der Waals surface area (Å²) in [6.45, 7) is 2.81. The van der Waals surface area contributed by atoms with Gasteiger partial charge in [-0.3, -0.25) is 4.79 Å². The molecule has 1 fully saturated rings. The van der Waals surface area contributed by atoms with E-state index in [0.29, 0.717) is 18.1 Å². The number of hydrogen-bond donors (Lipinski definition) is 2. The molecule has 0 amide bonds. The van der Waals surface area contributed by atoms with Crippen LogP contribution in [0.15, 0.2) is 24.3 Å². The minimum atomic E-state index is -0.728. The van der Waals surface area contributed by atoms with E-state index in [4.69, 9.17) is 11.6 Å². The number of carboxylic acids is 1. The molecule has 0 radical (unpaired) electrons. The second-order valence-electron chi connectivity index (χ2n) is 5.58. The summed E-state index contributed by atoms with van der Waals surface area (Å²) in [6.07, 6.45) is 3.30. The maximum Gasteiger partial charge on any atom is 0.323 e. The number of carboxylic acid groups (broad SMARTS) is 1. The number of aliphatic carboxylic acids is 1. The zero-order chi connectivity index (χ0) is 15.3. The van der Waals surface area contributed by atoms with Gasteiger partial charge in [-0.15, -0.1) is 0 Å². The van der Waals surface area contributed by atoms with Gasteiger partial charge in [0.2, 0.25) is 0 Å².